The van der Waals surface area contributed by atoms with Gasteiger partial charge in [0, 0.05) is 7.05 Å². The topological polar surface area (TPSA) is 54.6 Å². The Balaban J connectivity index is 1.98. The van der Waals surface area contributed by atoms with Gasteiger partial charge in [0.05, 0.1) is 17.0 Å². The van der Waals surface area contributed by atoms with Crippen LogP contribution in [0.3, 0.4) is 0 Å². The second-order valence-corrected chi connectivity index (χ2v) is 6.39. The zero-order valence-corrected chi connectivity index (χ0v) is 14.7. The number of benzene rings is 1. The standard InChI is InChI=1S/C19H21NO3S/c1-3-4-10-22-14-8-5-7-13(12-14)16-17(21)18(23-19(16)20-2)15-9-6-11-24-15/h5-9,11-12,20-21H,3-4,10H2,1-2H3. The van der Waals surface area contributed by atoms with Gasteiger partial charge in [-0.25, -0.2) is 0 Å². The highest BCUT2D eigenvalue weighted by Crippen LogP contribution is 2.47. The number of thiophene rings is 1. The zero-order chi connectivity index (χ0) is 16.9. The van der Waals surface area contributed by atoms with Crippen LogP contribution in [0.25, 0.3) is 21.8 Å². The molecule has 126 valence electrons. The highest BCUT2D eigenvalue weighted by molar-refractivity contribution is 7.13. The normalized spacial score (nSPS) is 10.8. The summed E-state index contributed by atoms with van der Waals surface area (Å²) >= 11 is 1.53. The van der Waals surface area contributed by atoms with E-state index < -0.39 is 0 Å². The van der Waals surface area contributed by atoms with Gasteiger partial charge >= 0.3 is 0 Å². The second-order valence-electron chi connectivity index (χ2n) is 5.44. The molecule has 24 heavy (non-hydrogen) atoms. The van der Waals surface area contributed by atoms with E-state index in [0.717, 1.165) is 29.0 Å². The Bertz CT molecular complexity index is 793. The third-order valence-corrected chi connectivity index (χ3v) is 4.61. The van der Waals surface area contributed by atoms with Crippen molar-refractivity contribution in [2.24, 2.45) is 0 Å². The van der Waals surface area contributed by atoms with Gasteiger partial charge in [-0.3, -0.25) is 0 Å². The molecule has 0 fully saturated rings. The first kappa shape index (κ1) is 16.5. The van der Waals surface area contributed by atoms with E-state index in [-0.39, 0.29) is 5.75 Å². The molecule has 3 aromatic rings. The van der Waals surface area contributed by atoms with Crippen LogP contribution in [0.4, 0.5) is 5.88 Å². The number of anilines is 1. The molecule has 0 aliphatic carbocycles. The molecule has 0 saturated carbocycles. The minimum absolute atomic E-state index is 0.146. The number of furan rings is 1. The van der Waals surface area contributed by atoms with Gasteiger partial charge in [0.2, 0.25) is 5.88 Å². The number of hydrogen-bond donors (Lipinski definition) is 2. The van der Waals surface area contributed by atoms with Crippen LogP contribution < -0.4 is 10.1 Å². The minimum atomic E-state index is 0.146. The van der Waals surface area contributed by atoms with E-state index in [9.17, 15) is 5.11 Å². The number of aromatic hydroxyl groups is 1. The summed E-state index contributed by atoms with van der Waals surface area (Å²) in [5.74, 6) is 1.97. The summed E-state index contributed by atoms with van der Waals surface area (Å²) in [4.78, 5) is 0.894. The molecule has 0 bridgehead atoms. The van der Waals surface area contributed by atoms with Crippen molar-refractivity contribution in [1.29, 1.82) is 0 Å². The number of hydrogen-bond acceptors (Lipinski definition) is 5. The molecular weight excluding hydrogens is 322 g/mol. The second kappa shape index (κ2) is 7.45. The van der Waals surface area contributed by atoms with Crippen molar-refractivity contribution in [3.63, 3.8) is 0 Å². The van der Waals surface area contributed by atoms with Gasteiger partial charge < -0.3 is 19.6 Å². The molecule has 0 amide bonds. The molecule has 0 aliphatic rings. The summed E-state index contributed by atoms with van der Waals surface area (Å²) in [5, 5.41) is 15.7. The molecule has 0 spiro atoms. The number of rotatable bonds is 7. The Morgan fingerprint density at radius 3 is 2.83 bits per heavy atom. The summed E-state index contributed by atoms with van der Waals surface area (Å²) in [7, 11) is 1.78. The minimum Gasteiger partial charge on any atom is -0.504 e. The fourth-order valence-corrected chi connectivity index (χ4v) is 3.22. The van der Waals surface area contributed by atoms with E-state index in [0.29, 0.717) is 23.8 Å². The average Bonchev–Trinajstić information content (AvgIpc) is 3.23. The monoisotopic (exact) mass is 343 g/mol. The molecule has 0 unspecified atom stereocenters. The molecule has 5 heteroatoms. The van der Waals surface area contributed by atoms with Gasteiger partial charge in [0.15, 0.2) is 11.5 Å². The van der Waals surface area contributed by atoms with Gasteiger partial charge in [0.1, 0.15) is 5.75 Å². The van der Waals surface area contributed by atoms with Gasteiger partial charge in [-0.05, 0) is 35.6 Å². The summed E-state index contributed by atoms with van der Waals surface area (Å²) in [5.41, 5.74) is 1.51. The maximum Gasteiger partial charge on any atom is 0.205 e. The third kappa shape index (κ3) is 3.26. The maximum atomic E-state index is 10.7. The summed E-state index contributed by atoms with van der Waals surface area (Å²) in [6, 6.07) is 11.6. The molecule has 2 aromatic heterocycles. The van der Waals surface area contributed by atoms with Crippen LogP contribution in [-0.4, -0.2) is 18.8 Å². The summed E-state index contributed by atoms with van der Waals surface area (Å²) in [6.45, 7) is 2.82. The van der Waals surface area contributed by atoms with Crippen LogP contribution in [0.15, 0.2) is 46.2 Å². The maximum absolute atomic E-state index is 10.7. The zero-order valence-electron chi connectivity index (χ0n) is 13.8. The van der Waals surface area contributed by atoms with E-state index in [4.69, 9.17) is 9.15 Å². The van der Waals surface area contributed by atoms with Crippen LogP contribution in [-0.2, 0) is 0 Å². The Labute approximate surface area is 145 Å². The van der Waals surface area contributed by atoms with Crippen molar-refractivity contribution < 1.29 is 14.3 Å². The van der Waals surface area contributed by atoms with Crippen molar-refractivity contribution in [1.82, 2.24) is 0 Å². The molecule has 0 aliphatic heterocycles. The van der Waals surface area contributed by atoms with E-state index in [1.54, 1.807) is 7.05 Å². The average molecular weight is 343 g/mol. The van der Waals surface area contributed by atoms with Crippen molar-refractivity contribution in [3.05, 3.63) is 41.8 Å². The van der Waals surface area contributed by atoms with Crippen molar-refractivity contribution in [2.75, 3.05) is 19.0 Å². The molecule has 0 radical (unpaired) electrons. The first-order valence-corrected chi connectivity index (χ1v) is 8.93. The molecule has 2 N–H and O–H groups in total. The van der Waals surface area contributed by atoms with Crippen molar-refractivity contribution in [3.8, 4) is 33.3 Å². The predicted octanol–water partition coefficient (Wildman–Crippen LogP) is 5.60. The van der Waals surface area contributed by atoms with E-state index in [2.05, 4.69) is 12.2 Å². The molecule has 2 heterocycles. The van der Waals surface area contributed by atoms with E-state index in [1.807, 2.05) is 41.8 Å². The van der Waals surface area contributed by atoms with Crippen LogP contribution in [0.2, 0.25) is 0 Å². The molecule has 0 saturated heterocycles. The van der Waals surface area contributed by atoms with Gasteiger partial charge in [-0.1, -0.05) is 31.5 Å². The van der Waals surface area contributed by atoms with Gasteiger partial charge in [-0.2, -0.15) is 0 Å². The van der Waals surface area contributed by atoms with Crippen molar-refractivity contribution in [2.45, 2.75) is 19.8 Å². The first-order valence-electron chi connectivity index (χ1n) is 8.05. The smallest absolute Gasteiger partial charge is 0.205 e. The van der Waals surface area contributed by atoms with Gasteiger partial charge in [-0.15, -0.1) is 11.3 Å². The highest BCUT2D eigenvalue weighted by Gasteiger charge is 2.22. The lowest BCUT2D eigenvalue weighted by atomic mass is 10.1. The van der Waals surface area contributed by atoms with Crippen LogP contribution in [0.5, 0.6) is 11.5 Å². The lowest BCUT2D eigenvalue weighted by molar-refractivity contribution is 0.309. The lowest BCUT2D eigenvalue weighted by Crippen LogP contribution is -1.96. The Morgan fingerprint density at radius 1 is 1.25 bits per heavy atom. The summed E-state index contributed by atoms with van der Waals surface area (Å²) < 4.78 is 11.6. The predicted molar refractivity (Wildman–Crippen MR) is 99.1 cm³/mol. The molecule has 3 rings (SSSR count). The Morgan fingerprint density at radius 2 is 2.12 bits per heavy atom. The van der Waals surface area contributed by atoms with Gasteiger partial charge in [0.25, 0.3) is 0 Å². The van der Waals surface area contributed by atoms with Crippen LogP contribution in [0, 0.1) is 0 Å². The lowest BCUT2D eigenvalue weighted by Gasteiger charge is -2.08. The quantitative estimate of drug-likeness (QED) is 0.548. The fraction of sp³-hybridized carbons (Fsp3) is 0.263. The van der Waals surface area contributed by atoms with E-state index in [1.165, 1.54) is 11.3 Å². The van der Waals surface area contributed by atoms with E-state index >= 15 is 0 Å². The molecular formula is C19H21NO3S. The fourth-order valence-electron chi connectivity index (χ4n) is 2.52. The van der Waals surface area contributed by atoms with Crippen LogP contribution >= 0.6 is 11.3 Å². The largest absolute Gasteiger partial charge is 0.504 e. The number of nitrogens with one attached hydrogen (secondary N) is 1. The first-order chi connectivity index (χ1) is 11.7. The highest BCUT2D eigenvalue weighted by atomic mass is 32.1. The van der Waals surface area contributed by atoms with Crippen LogP contribution in [0.1, 0.15) is 19.8 Å². The molecule has 4 nitrogen and oxygen atoms in total. The third-order valence-electron chi connectivity index (χ3n) is 3.74. The summed E-state index contributed by atoms with van der Waals surface area (Å²) in [6.07, 6.45) is 2.11. The number of unbranched alkanes of at least 4 members (excludes halogenated alkanes) is 1. The Hall–Kier alpha value is -2.40. The number of ether oxygens (including phenoxy) is 1. The molecule has 0 atom stereocenters. The SMILES string of the molecule is CCCCOc1cccc(-c2c(NC)oc(-c3cccs3)c2O)c1. The van der Waals surface area contributed by atoms with Crippen molar-refractivity contribution >= 4 is 17.2 Å². The Kier molecular flexibility index (Phi) is 5.11. The molecule has 1 aromatic carbocycles.